The summed E-state index contributed by atoms with van der Waals surface area (Å²) in [5.74, 6) is -2.60. The van der Waals surface area contributed by atoms with Crippen LogP contribution in [-0.2, 0) is 11.3 Å². The molecule has 0 saturated heterocycles. The Morgan fingerprint density at radius 1 is 0.892 bits per heavy atom. The van der Waals surface area contributed by atoms with Crippen LogP contribution >= 0.6 is 0 Å². The lowest BCUT2D eigenvalue weighted by atomic mass is 9.82. The lowest BCUT2D eigenvalue weighted by molar-refractivity contribution is -0.169. The number of rotatable bonds is 4. The molecule has 0 saturated carbocycles. The van der Waals surface area contributed by atoms with Gasteiger partial charge < -0.3 is 20.9 Å². The number of ketones is 1. The molecule has 4 aromatic rings. The molecule has 6 heteroatoms. The van der Waals surface area contributed by atoms with Crippen LogP contribution in [0.4, 0.5) is 5.69 Å². The smallest absolute Gasteiger partial charge is 0.271 e. The summed E-state index contributed by atoms with van der Waals surface area (Å²) in [7, 11) is 0. The molecule has 37 heavy (non-hydrogen) atoms. The van der Waals surface area contributed by atoms with Gasteiger partial charge >= 0.3 is 0 Å². The van der Waals surface area contributed by atoms with Crippen molar-refractivity contribution >= 4 is 17.4 Å². The molecule has 4 N–H and O–H groups in total. The summed E-state index contributed by atoms with van der Waals surface area (Å²) in [5.41, 5.74) is 8.62. The number of benzene rings is 4. The summed E-state index contributed by atoms with van der Waals surface area (Å²) < 4.78 is 6.14. The van der Waals surface area contributed by atoms with Crippen LogP contribution < -0.4 is 15.8 Å². The van der Waals surface area contributed by atoms with E-state index in [4.69, 9.17) is 10.5 Å². The highest BCUT2D eigenvalue weighted by Gasteiger charge is 2.72. The second-order valence-corrected chi connectivity index (χ2v) is 9.90. The number of ether oxygens (including phenoxy) is 1. The Labute approximate surface area is 214 Å². The van der Waals surface area contributed by atoms with Gasteiger partial charge in [-0.1, -0.05) is 80.6 Å². The van der Waals surface area contributed by atoms with E-state index in [0.29, 0.717) is 16.9 Å². The monoisotopic (exact) mass is 490 g/mol. The minimum absolute atomic E-state index is 0.156. The number of hydrogen-bond acceptors (Lipinski definition) is 5. The Morgan fingerprint density at radius 2 is 1.59 bits per heavy atom. The molecule has 1 amide bonds. The van der Waals surface area contributed by atoms with Crippen molar-refractivity contribution in [3.8, 4) is 16.9 Å². The number of hydrogen-bond donors (Lipinski definition) is 3. The third-order valence-corrected chi connectivity index (χ3v) is 7.43. The number of nitrogens with one attached hydrogen (secondary N) is 1. The van der Waals surface area contributed by atoms with Crippen molar-refractivity contribution in [3.63, 3.8) is 0 Å². The predicted octanol–water partition coefficient (Wildman–Crippen LogP) is 5.12. The van der Waals surface area contributed by atoms with Crippen molar-refractivity contribution in [3.05, 3.63) is 119 Å². The lowest BCUT2D eigenvalue weighted by Crippen LogP contribution is -2.60. The first-order valence-electron chi connectivity index (χ1n) is 12.2. The molecule has 0 spiro atoms. The highest BCUT2D eigenvalue weighted by atomic mass is 16.6. The molecule has 1 aliphatic carbocycles. The van der Waals surface area contributed by atoms with E-state index in [2.05, 4.69) is 5.32 Å². The van der Waals surface area contributed by atoms with E-state index in [9.17, 15) is 14.7 Å². The number of nitrogens with two attached hydrogens (primary N) is 1. The van der Waals surface area contributed by atoms with Gasteiger partial charge in [-0.25, -0.2) is 0 Å². The first kappa shape index (κ1) is 23.0. The number of nitrogen functional groups attached to an aromatic ring is 1. The summed E-state index contributed by atoms with van der Waals surface area (Å²) in [6.45, 7) is 4.09. The van der Waals surface area contributed by atoms with Gasteiger partial charge in [0.15, 0.2) is 0 Å². The summed E-state index contributed by atoms with van der Waals surface area (Å²) in [4.78, 5) is 27.7. The number of Topliss-reactive ketones (excluding diaryl/α,β-unsaturated/α-hetero) is 1. The van der Waals surface area contributed by atoms with Crippen LogP contribution in [-0.4, -0.2) is 16.8 Å². The van der Waals surface area contributed by atoms with Crippen LogP contribution in [0.2, 0.25) is 0 Å². The maximum atomic E-state index is 14.1. The van der Waals surface area contributed by atoms with Gasteiger partial charge in [0, 0.05) is 22.4 Å². The van der Waals surface area contributed by atoms with Crippen LogP contribution in [0.5, 0.6) is 5.75 Å². The quantitative estimate of drug-likeness (QED) is 0.345. The van der Waals surface area contributed by atoms with Crippen LogP contribution in [0.3, 0.4) is 0 Å². The van der Waals surface area contributed by atoms with Gasteiger partial charge in [0.25, 0.3) is 11.7 Å². The maximum absolute atomic E-state index is 14.1. The Bertz CT molecular complexity index is 1560. The third kappa shape index (κ3) is 3.16. The van der Waals surface area contributed by atoms with Gasteiger partial charge in [-0.2, -0.15) is 0 Å². The minimum Gasteiger partial charge on any atom is -0.454 e. The molecule has 0 radical (unpaired) electrons. The van der Waals surface area contributed by atoms with Gasteiger partial charge in [0.2, 0.25) is 11.3 Å². The Morgan fingerprint density at radius 3 is 2.30 bits per heavy atom. The van der Waals surface area contributed by atoms with Crippen LogP contribution in [0.25, 0.3) is 11.1 Å². The second-order valence-electron chi connectivity index (χ2n) is 9.90. The van der Waals surface area contributed by atoms with E-state index in [-0.39, 0.29) is 22.7 Å². The molecule has 2 unspecified atom stereocenters. The number of fused-ring (bicyclic) bond motifs is 5. The van der Waals surface area contributed by atoms with E-state index in [1.807, 2.05) is 68.4 Å². The van der Waals surface area contributed by atoms with Crippen molar-refractivity contribution in [2.24, 2.45) is 0 Å². The average Bonchev–Trinajstić information content (AvgIpc) is 3.26. The van der Waals surface area contributed by atoms with E-state index < -0.39 is 23.0 Å². The molecule has 0 aromatic heterocycles. The summed E-state index contributed by atoms with van der Waals surface area (Å²) in [5, 5.41) is 14.9. The minimum atomic E-state index is -2.15. The van der Waals surface area contributed by atoms with Crippen molar-refractivity contribution in [1.82, 2.24) is 5.32 Å². The van der Waals surface area contributed by atoms with Crippen molar-refractivity contribution in [2.75, 3.05) is 5.73 Å². The summed E-state index contributed by atoms with van der Waals surface area (Å²) in [6.07, 6.45) is 0. The molecule has 1 aliphatic heterocycles. The fraction of sp³-hybridized carbons (Fsp3) is 0.161. The van der Waals surface area contributed by atoms with Gasteiger partial charge in [-0.3, -0.25) is 9.59 Å². The van der Waals surface area contributed by atoms with Gasteiger partial charge in [-0.15, -0.1) is 0 Å². The molecule has 6 nitrogen and oxygen atoms in total. The van der Waals surface area contributed by atoms with E-state index in [1.54, 1.807) is 36.4 Å². The van der Waals surface area contributed by atoms with Gasteiger partial charge in [0.1, 0.15) is 5.75 Å². The van der Waals surface area contributed by atoms with E-state index in [1.165, 1.54) is 0 Å². The van der Waals surface area contributed by atoms with Gasteiger partial charge in [-0.05, 0) is 46.9 Å². The molecular formula is C31H26N2O4. The SMILES string of the molecule is CC(C)c1ccc2c(c1)OC1(O)c3cccc(N)c3C(=O)C21NC(=O)c1ccc(-c2ccccc2)cc1. The fourth-order valence-electron chi connectivity index (χ4n) is 5.43. The molecule has 1 heterocycles. The lowest BCUT2D eigenvalue weighted by Gasteiger charge is -2.34. The molecule has 0 bridgehead atoms. The van der Waals surface area contributed by atoms with Crippen LogP contribution in [0, 0.1) is 0 Å². The largest absolute Gasteiger partial charge is 0.454 e. The van der Waals surface area contributed by atoms with Crippen LogP contribution in [0.1, 0.15) is 57.2 Å². The zero-order valence-electron chi connectivity index (χ0n) is 20.5. The van der Waals surface area contributed by atoms with Crippen molar-refractivity contribution in [1.29, 1.82) is 0 Å². The molecular weight excluding hydrogens is 464 g/mol. The Hall–Kier alpha value is -4.42. The number of carbonyl (C=O) groups excluding carboxylic acids is 2. The molecule has 6 rings (SSSR count). The van der Waals surface area contributed by atoms with Gasteiger partial charge in [0.05, 0.1) is 5.56 Å². The molecule has 2 aliphatic rings. The number of anilines is 1. The Balaban J connectivity index is 1.45. The maximum Gasteiger partial charge on any atom is 0.271 e. The normalized spacial score (nSPS) is 21.2. The average molecular weight is 491 g/mol. The van der Waals surface area contributed by atoms with Crippen molar-refractivity contribution < 1.29 is 19.4 Å². The number of amides is 1. The molecule has 184 valence electrons. The topological polar surface area (TPSA) is 102 Å². The highest BCUT2D eigenvalue weighted by molar-refractivity contribution is 6.16. The predicted molar refractivity (Wildman–Crippen MR) is 141 cm³/mol. The molecule has 2 atom stereocenters. The number of aliphatic hydroxyl groups is 1. The summed E-state index contributed by atoms with van der Waals surface area (Å²) >= 11 is 0. The molecule has 4 aromatic carbocycles. The standard InChI is InChI=1S/C31H26N2O4/c1-18(2)22-15-16-23-26(17-22)37-31(36)24-9-6-10-25(32)27(24)28(34)30(23,31)33-29(35)21-13-11-20(12-14-21)19-7-4-3-5-8-19/h3-18,36H,32H2,1-2H3,(H,33,35). The number of carbonyl (C=O) groups is 2. The van der Waals surface area contributed by atoms with E-state index >= 15 is 0 Å². The first-order chi connectivity index (χ1) is 17.8. The van der Waals surface area contributed by atoms with Crippen molar-refractivity contribution in [2.45, 2.75) is 31.1 Å². The van der Waals surface area contributed by atoms with Crippen LogP contribution in [0.15, 0.2) is 91.0 Å². The first-order valence-corrected chi connectivity index (χ1v) is 12.2. The zero-order chi connectivity index (χ0) is 25.9. The van der Waals surface area contributed by atoms with E-state index in [0.717, 1.165) is 16.7 Å². The summed E-state index contributed by atoms with van der Waals surface area (Å²) in [6, 6.07) is 27.3. The second kappa shape index (κ2) is 8.05. The third-order valence-electron chi connectivity index (χ3n) is 7.43. The molecule has 0 fully saturated rings. The Kier molecular flexibility index (Phi) is 5.00. The highest BCUT2D eigenvalue weighted by Crippen LogP contribution is 2.59. The fourth-order valence-corrected chi connectivity index (χ4v) is 5.43. The zero-order valence-corrected chi connectivity index (χ0v) is 20.5.